The summed E-state index contributed by atoms with van der Waals surface area (Å²) in [4.78, 5) is 0. The minimum absolute atomic E-state index is 0. The van der Waals surface area contributed by atoms with Crippen molar-refractivity contribution in [3.05, 3.63) is 191 Å². The molecule has 6 aromatic carbocycles. The molecule has 0 N–H and O–H groups in total. The second kappa shape index (κ2) is 17.1. The van der Waals surface area contributed by atoms with Crippen LogP contribution in [0.3, 0.4) is 0 Å². The van der Waals surface area contributed by atoms with Crippen LogP contribution in [0.4, 0.5) is 0 Å². The molecular weight excluding hydrogens is 934 g/mol. The maximum absolute atomic E-state index is 3.89. The van der Waals surface area contributed by atoms with Crippen LogP contribution in [0, 0.1) is 0 Å². The normalized spacial score (nSPS) is 12.8. The van der Waals surface area contributed by atoms with Gasteiger partial charge in [0.05, 0.1) is 0 Å². The third-order valence-corrected chi connectivity index (χ3v) is 19.6. The summed E-state index contributed by atoms with van der Waals surface area (Å²) in [6.45, 7) is 14.3. The van der Waals surface area contributed by atoms with Crippen molar-refractivity contribution >= 4 is 38.3 Å². The molecule has 2 aliphatic carbocycles. The van der Waals surface area contributed by atoms with E-state index < -0.39 is 21.3 Å². The first-order valence-corrected chi connectivity index (χ1v) is 24.3. The van der Waals surface area contributed by atoms with Gasteiger partial charge in [0.2, 0.25) is 0 Å². The van der Waals surface area contributed by atoms with Gasteiger partial charge in [-0.05, 0) is 0 Å². The van der Waals surface area contributed by atoms with Crippen molar-refractivity contribution in [2.75, 3.05) is 0 Å². The molecule has 0 fully saturated rings. The Kier molecular flexibility index (Phi) is 13.1. The predicted molar refractivity (Wildman–Crippen MR) is 236 cm³/mol. The van der Waals surface area contributed by atoms with Crippen LogP contribution in [0.25, 0.3) is 33.4 Å². The molecule has 0 spiro atoms. The molecule has 0 bridgehead atoms. The van der Waals surface area contributed by atoms with Crippen LogP contribution in [0.2, 0.25) is 0 Å². The standard InChI is InChI=1S/C33H33.C13H8Br2.C5H5.2ClH.Zr/c1-32(2,3)30-20-26-24(18-28(30)22-13-9-7-10-14-22)17-25-19-29(23-15-11-8-12-16-23)31(21-27(25)26)33(4,5)6;14-12-5-1-3-10(8-12)7-11-4-2-6-13(15)9-11;1-2-4-5-3-1;;;/h7-16,18,20-21H,17H2,1-6H3;1-6,8-9H;1-3H,4H2;2*1H;/q;;;;;+2/p-2. The number of halogens is 4. The van der Waals surface area contributed by atoms with E-state index in [4.69, 9.17) is 0 Å². The Morgan fingerprint density at radius 2 is 1.12 bits per heavy atom. The summed E-state index contributed by atoms with van der Waals surface area (Å²) in [5, 5.41) is 0. The number of benzene rings is 6. The average molecular weight is 981 g/mol. The topological polar surface area (TPSA) is 0 Å². The minimum atomic E-state index is -3.09. The van der Waals surface area contributed by atoms with Gasteiger partial charge in [-0.15, -0.1) is 0 Å². The maximum Gasteiger partial charge on any atom is -1.00 e. The third kappa shape index (κ3) is 8.33. The van der Waals surface area contributed by atoms with Crippen LogP contribution in [0.15, 0.2) is 158 Å². The largest absolute Gasteiger partial charge is 1.00 e. The van der Waals surface area contributed by atoms with Crippen LogP contribution in [0.5, 0.6) is 0 Å². The van der Waals surface area contributed by atoms with Gasteiger partial charge in [0.25, 0.3) is 0 Å². The summed E-state index contributed by atoms with van der Waals surface area (Å²) in [5.74, 6) is 0. The Bertz CT molecular complexity index is 2470. The summed E-state index contributed by atoms with van der Waals surface area (Å²) in [7, 11) is 0. The van der Waals surface area contributed by atoms with E-state index in [1.54, 1.807) is 6.55 Å². The maximum atomic E-state index is 3.89. The third-order valence-electron chi connectivity index (χ3n) is 10.9. The van der Waals surface area contributed by atoms with Crippen LogP contribution in [0.1, 0.15) is 81.3 Å². The zero-order valence-electron chi connectivity index (χ0n) is 32.8. The van der Waals surface area contributed by atoms with Crippen molar-refractivity contribution in [1.29, 1.82) is 0 Å². The predicted octanol–water partition coefficient (Wildman–Crippen LogP) is 8.08. The molecule has 0 heterocycles. The molecule has 0 amide bonds. The molecule has 0 radical (unpaired) electrons. The van der Waals surface area contributed by atoms with Gasteiger partial charge >= 0.3 is 349 Å². The number of allylic oxidation sites excluding steroid dienone is 4. The second-order valence-electron chi connectivity index (χ2n) is 16.8. The summed E-state index contributed by atoms with van der Waals surface area (Å²) in [6, 6.07) is 48.2. The fourth-order valence-corrected chi connectivity index (χ4v) is 17.7. The molecule has 0 saturated heterocycles. The Morgan fingerprint density at radius 1 is 0.571 bits per heavy atom. The van der Waals surface area contributed by atoms with E-state index in [0.29, 0.717) is 0 Å². The molecule has 0 unspecified atom stereocenters. The first kappa shape index (κ1) is 42.7. The van der Waals surface area contributed by atoms with E-state index in [1.165, 1.54) is 70.0 Å². The molecule has 8 rings (SSSR count). The van der Waals surface area contributed by atoms with E-state index in [9.17, 15) is 0 Å². The van der Waals surface area contributed by atoms with E-state index in [0.717, 1.165) is 21.8 Å². The Morgan fingerprint density at radius 3 is 1.64 bits per heavy atom. The molecule has 0 aromatic heterocycles. The summed E-state index contributed by atoms with van der Waals surface area (Å²) in [6.07, 6.45) is 9.10. The Hall–Kier alpha value is -2.91. The molecule has 6 aromatic rings. The van der Waals surface area contributed by atoms with Crippen molar-refractivity contribution in [3.8, 4) is 33.4 Å². The van der Waals surface area contributed by atoms with Crippen LogP contribution < -0.4 is 28.1 Å². The van der Waals surface area contributed by atoms with Crippen LogP contribution >= 0.6 is 31.9 Å². The Balaban J connectivity index is 0.00000266. The summed E-state index contributed by atoms with van der Waals surface area (Å²) < 4.78 is 7.00. The molecule has 282 valence electrons. The monoisotopic (exact) mass is 976 g/mol. The van der Waals surface area contributed by atoms with Gasteiger partial charge in [-0.1, -0.05) is 0 Å². The first-order valence-electron chi connectivity index (χ1n) is 19.0. The zero-order valence-corrected chi connectivity index (χ0v) is 39.9. The van der Waals surface area contributed by atoms with Gasteiger partial charge in [0, 0.05) is 0 Å². The molecule has 0 saturated carbocycles. The van der Waals surface area contributed by atoms with Crippen molar-refractivity contribution in [1.82, 2.24) is 0 Å². The van der Waals surface area contributed by atoms with Crippen molar-refractivity contribution in [2.45, 2.75) is 65.2 Å². The quantitative estimate of drug-likeness (QED) is 0.158. The zero-order chi connectivity index (χ0) is 37.8. The van der Waals surface area contributed by atoms with E-state index in [1.807, 2.05) is 0 Å². The SMILES string of the molecule is CC(C)(C)c1cc2c(cc1-c1ccccc1)Cc1c-2cc(C(C)(C)C)c(-c2ccccc2)[c]1[Zr+2]([C]1=CC=CC1)=[C](c1cccc(Br)c1)c1cccc(Br)c1.[Cl-].[Cl-]. The average Bonchev–Trinajstić information content (AvgIpc) is 3.81. The molecule has 2 aliphatic rings. The van der Waals surface area contributed by atoms with Gasteiger partial charge in [0.1, 0.15) is 0 Å². The fraction of sp³-hybridized carbons (Fsp3) is 0.196. The molecule has 5 heteroatoms. The van der Waals surface area contributed by atoms with Crippen LogP contribution in [-0.2, 0) is 38.5 Å². The summed E-state index contributed by atoms with van der Waals surface area (Å²) >= 11 is 4.68. The Labute approximate surface area is 370 Å². The second-order valence-corrected chi connectivity index (χ2v) is 24.5. The van der Waals surface area contributed by atoms with E-state index >= 15 is 0 Å². The van der Waals surface area contributed by atoms with E-state index in [2.05, 4.69) is 219 Å². The van der Waals surface area contributed by atoms with Gasteiger partial charge in [0.15, 0.2) is 0 Å². The smallest absolute Gasteiger partial charge is 1.00 e. The van der Waals surface area contributed by atoms with Gasteiger partial charge in [-0.25, -0.2) is 0 Å². The number of rotatable bonds is 6. The van der Waals surface area contributed by atoms with Gasteiger partial charge in [-0.3, -0.25) is 0 Å². The molecule has 0 nitrogen and oxygen atoms in total. The van der Waals surface area contributed by atoms with Crippen molar-refractivity contribution in [3.63, 3.8) is 0 Å². The molecule has 0 aliphatic heterocycles. The summed E-state index contributed by atoms with van der Waals surface area (Å²) in [5.41, 5.74) is 16.6. The van der Waals surface area contributed by atoms with Gasteiger partial charge < -0.3 is 24.8 Å². The fourth-order valence-electron chi connectivity index (χ4n) is 8.45. The number of hydrogen-bond acceptors (Lipinski definition) is 0. The van der Waals surface area contributed by atoms with Crippen molar-refractivity contribution in [2.24, 2.45) is 0 Å². The van der Waals surface area contributed by atoms with E-state index in [-0.39, 0.29) is 35.6 Å². The minimum Gasteiger partial charge on any atom is -1.00 e. The first-order chi connectivity index (χ1) is 25.9. The molecule has 0 atom stereocenters. The van der Waals surface area contributed by atoms with Crippen LogP contribution in [-0.4, -0.2) is 3.21 Å². The molecule has 56 heavy (non-hydrogen) atoms. The number of fused-ring (bicyclic) bond motifs is 3. The molecular formula is C51H46Br2Cl2Zr. The number of hydrogen-bond donors (Lipinski definition) is 0. The van der Waals surface area contributed by atoms with Gasteiger partial charge in [-0.2, -0.15) is 0 Å². The van der Waals surface area contributed by atoms with Crippen molar-refractivity contribution < 1.29 is 46.1 Å².